The molecule has 0 unspecified atom stereocenters. The summed E-state index contributed by atoms with van der Waals surface area (Å²) in [5.41, 5.74) is -0.338. The molecule has 0 spiro atoms. The molecule has 3 rings (SSSR count). The van der Waals surface area contributed by atoms with E-state index in [1.165, 1.54) is 4.90 Å². The molecule has 1 fully saturated rings. The zero-order valence-electron chi connectivity index (χ0n) is 12.9. The van der Waals surface area contributed by atoms with Gasteiger partial charge in [0, 0.05) is 52.3 Å². The maximum absolute atomic E-state index is 13.3. The first-order chi connectivity index (χ1) is 11.8. The molecule has 134 valence electrons. The predicted molar refractivity (Wildman–Crippen MR) is 91.9 cm³/mol. The SMILES string of the molecule is O=S1CCN(c2nc(Nc3cccc(Cl)c3)ncc2C(F)(F)F)CC1. The average Bonchev–Trinajstić information content (AvgIpc) is 2.54. The minimum absolute atomic E-state index is 0.0389. The molecule has 5 nitrogen and oxygen atoms in total. The van der Waals surface area contributed by atoms with Crippen molar-refractivity contribution < 1.29 is 17.4 Å². The van der Waals surface area contributed by atoms with E-state index in [0.717, 1.165) is 6.20 Å². The van der Waals surface area contributed by atoms with Crippen molar-refractivity contribution in [3.8, 4) is 0 Å². The topological polar surface area (TPSA) is 58.1 Å². The molecule has 0 radical (unpaired) electrons. The zero-order valence-corrected chi connectivity index (χ0v) is 14.5. The fraction of sp³-hybridized carbons (Fsp3) is 0.333. The Hall–Kier alpha value is -1.87. The Morgan fingerprint density at radius 3 is 2.60 bits per heavy atom. The number of nitrogens with zero attached hydrogens (tertiary/aromatic N) is 3. The van der Waals surface area contributed by atoms with Crippen LogP contribution in [0.1, 0.15) is 5.56 Å². The Morgan fingerprint density at radius 2 is 1.96 bits per heavy atom. The number of hydrogen-bond donors (Lipinski definition) is 1. The van der Waals surface area contributed by atoms with Gasteiger partial charge in [0.15, 0.2) is 0 Å². The van der Waals surface area contributed by atoms with Gasteiger partial charge in [-0.25, -0.2) is 4.98 Å². The molecule has 1 aliphatic heterocycles. The van der Waals surface area contributed by atoms with Gasteiger partial charge >= 0.3 is 6.18 Å². The third kappa shape index (κ3) is 4.40. The summed E-state index contributed by atoms with van der Waals surface area (Å²) < 4.78 is 51.3. The lowest BCUT2D eigenvalue weighted by atomic mass is 10.2. The molecule has 1 N–H and O–H groups in total. The number of alkyl halides is 3. The van der Waals surface area contributed by atoms with Crippen molar-refractivity contribution >= 4 is 39.9 Å². The normalized spacial score (nSPS) is 16.1. The lowest BCUT2D eigenvalue weighted by molar-refractivity contribution is -0.137. The third-order valence-corrected chi connectivity index (χ3v) is 5.14. The number of benzene rings is 1. The minimum atomic E-state index is -4.57. The van der Waals surface area contributed by atoms with E-state index < -0.39 is 22.5 Å². The van der Waals surface area contributed by atoms with E-state index in [2.05, 4.69) is 15.3 Å². The van der Waals surface area contributed by atoms with Gasteiger partial charge in [0.2, 0.25) is 5.95 Å². The molecular formula is C15H14ClF3N4OS. The Bertz CT molecular complexity index is 793. The van der Waals surface area contributed by atoms with Crippen LogP contribution >= 0.6 is 11.6 Å². The molecule has 1 aromatic heterocycles. The Labute approximate surface area is 149 Å². The first kappa shape index (κ1) is 17.9. The number of rotatable bonds is 3. The van der Waals surface area contributed by atoms with Crippen molar-refractivity contribution in [1.29, 1.82) is 0 Å². The summed E-state index contributed by atoms with van der Waals surface area (Å²) >= 11 is 5.90. The molecule has 2 heterocycles. The second kappa shape index (κ2) is 7.17. The van der Waals surface area contributed by atoms with Crippen LogP contribution in [0.3, 0.4) is 0 Å². The van der Waals surface area contributed by atoms with E-state index in [0.29, 0.717) is 22.2 Å². The summed E-state index contributed by atoms with van der Waals surface area (Å²) in [4.78, 5) is 9.32. The van der Waals surface area contributed by atoms with Crippen molar-refractivity contribution in [3.63, 3.8) is 0 Å². The summed E-state index contributed by atoms with van der Waals surface area (Å²) in [6, 6.07) is 6.71. The minimum Gasteiger partial charge on any atom is -0.354 e. The predicted octanol–water partition coefficient (Wildman–Crippen LogP) is 3.46. The number of halogens is 4. The standard InChI is InChI=1S/C15H14ClF3N4OS/c16-10-2-1-3-11(8-10)21-14-20-9-12(15(17,18)19)13(22-14)23-4-6-25(24)7-5-23/h1-3,8-9H,4-7H2,(H,20,21,22). The lowest BCUT2D eigenvalue weighted by Gasteiger charge is -2.29. The van der Waals surface area contributed by atoms with E-state index in [9.17, 15) is 17.4 Å². The summed E-state index contributed by atoms with van der Waals surface area (Å²) in [7, 11) is -0.999. The summed E-state index contributed by atoms with van der Waals surface area (Å²) in [6.07, 6.45) is -3.80. The third-order valence-electron chi connectivity index (χ3n) is 3.63. The molecule has 25 heavy (non-hydrogen) atoms. The highest BCUT2D eigenvalue weighted by atomic mass is 35.5. The van der Waals surface area contributed by atoms with Crippen LogP contribution in [0, 0.1) is 0 Å². The van der Waals surface area contributed by atoms with Gasteiger partial charge in [-0.2, -0.15) is 18.2 Å². The number of anilines is 3. The highest BCUT2D eigenvalue weighted by Crippen LogP contribution is 2.36. The van der Waals surface area contributed by atoms with Crippen molar-refractivity contribution in [2.24, 2.45) is 0 Å². The number of nitrogens with one attached hydrogen (secondary N) is 1. The van der Waals surface area contributed by atoms with Crippen LogP contribution in [0.15, 0.2) is 30.5 Å². The molecule has 0 bridgehead atoms. The molecule has 1 aliphatic rings. The first-order valence-electron chi connectivity index (χ1n) is 7.40. The monoisotopic (exact) mass is 390 g/mol. The van der Waals surface area contributed by atoms with E-state index in [4.69, 9.17) is 11.6 Å². The molecular weight excluding hydrogens is 377 g/mol. The van der Waals surface area contributed by atoms with Crippen LogP contribution in [-0.4, -0.2) is 38.8 Å². The number of aromatic nitrogens is 2. The maximum Gasteiger partial charge on any atom is 0.421 e. The van der Waals surface area contributed by atoms with Crippen LogP contribution < -0.4 is 10.2 Å². The van der Waals surface area contributed by atoms with E-state index in [1.54, 1.807) is 24.3 Å². The Balaban J connectivity index is 1.93. The highest BCUT2D eigenvalue weighted by Gasteiger charge is 2.37. The maximum atomic E-state index is 13.3. The lowest BCUT2D eigenvalue weighted by Crippen LogP contribution is -2.39. The molecule has 1 aromatic carbocycles. The summed E-state index contributed by atoms with van der Waals surface area (Å²) in [5, 5.41) is 3.33. The molecule has 2 aromatic rings. The van der Waals surface area contributed by atoms with Gasteiger partial charge in [0.25, 0.3) is 0 Å². The fourth-order valence-electron chi connectivity index (χ4n) is 2.42. The van der Waals surface area contributed by atoms with Gasteiger partial charge in [0.05, 0.1) is 0 Å². The Kier molecular flexibility index (Phi) is 5.14. The summed E-state index contributed by atoms with van der Waals surface area (Å²) in [6.45, 7) is 0.507. The van der Waals surface area contributed by atoms with Crippen molar-refractivity contribution in [2.75, 3.05) is 34.8 Å². The molecule has 10 heteroatoms. The van der Waals surface area contributed by atoms with E-state index >= 15 is 0 Å². The van der Waals surface area contributed by atoms with Crippen LogP contribution in [0.25, 0.3) is 0 Å². The van der Waals surface area contributed by atoms with Gasteiger partial charge in [0.1, 0.15) is 11.4 Å². The Morgan fingerprint density at radius 1 is 1.24 bits per heavy atom. The second-order valence-corrected chi connectivity index (χ2v) is 7.53. The van der Waals surface area contributed by atoms with Gasteiger partial charge in [-0.05, 0) is 18.2 Å². The smallest absolute Gasteiger partial charge is 0.354 e. The van der Waals surface area contributed by atoms with Gasteiger partial charge < -0.3 is 10.2 Å². The quantitative estimate of drug-likeness (QED) is 0.869. The van der Waals surface area contributed by atoms with Crippen molar-refractivity contribution in [3.05, 3.63) is 41.0 Å². The fourth-order valence-corrected chi connectivity index (χ4v) is 3.66. The number of hydrogen-bond acceptors (Lipinski definition) is 5. The van der Waals surface area contributed by atoms with Crippen LogP contribution in [-0.2, 0) is 17.0 Å². The van der Waals surface area contributed by atoms with E-state index in [-0.39, 0.29) is 24.9 Å². The zero-order chi connectivity index (χ0) is 18.0. The van der Waals surface area contributed by atoms with Crippen molar-refractivity contribution in [1.82, 2.24) is 9.97 Å². The second-order valence-electron chi connectivity index (χ2n) is 5.40. The van der Waals surface area contributed by atoms with Crippen LogP contribution in [0.2, 0.25) is 5.02 Å². The largest absolute Gasteiger partial charge is 0.421 e. The van der Waals surface area contributed by atoms with E-state index in [1.807, 2.05) is 0 Å². The molecule has 0 atom stereocenters. The molecule has 1 saturated heterocycles. The molecule has 0 amide bonds. The van der Waals surface area contributed by atoms with Crippen LogP contribution in [0.5, 0.6) is 0 Å². The molecule has 0 saturated carbocycles. The van der Waals surface area contributed by atoms with Crippen LogP contribution in [0.4, 0.5) is 30.6 Å². The average molecular weight is 391 g/mol. The summed E-state index contributed by atoms with van der Waals surface area (Å²) in [5.74, 6) is 0.470. The van der Waals surface area contributed by atoms with Gasteiger partial charge in [-0.15, -0.1) is 0 Å². The first-order valence-corrected chi connectivity index (χ1v) is 9.26. The van der Waals surface area contributed by atoms with Gasteiger partial charge in [-0.3, -0.25) is 4.21 Å². The molecule has 0 aliphatic carbocycles. The van der Waals surface area contributed by atoms with Crippen molar-refractivity contribution in [2.45, 2.75) is 6.18 Å². The van der Waals surface area contributed by atoms with Gasteiger partial charge in [-0.1, -0.05) is 17.7 Å². The highest BCUT2D eigenvalue weighted by molar-refractivity contribution is 7.85.